The molecule has 3 rings (SSSR count). The Balaban J connectivity index is 1.76. The molecule has 106 valence electrons. The fourth-order valence-electron chi connectivity index (χ4n) is 2.20. The average Bonchev–Trinajstić information content (AvgIpc) is 3.05. The van der Waals surface area contributed by atoms with Crippen molar-refractivity contribution in [3.8, 4) is 0 Å². The number of carbonyl (C=O) groups is 1. The summed E-state index contributed by atoms with van der Waals surface area (Å²) in [6, 6.07) is 9.34. The van der Waals surface area contributed by atoms with Crippen LogP contribution in [0.2, 0.25) is 0 Å². The van der Waals surface area contributed by atoms with Gasteiger partial charge in [-0.25, -0.2) is 4.79 Å². The van der Waals surface area contributed by atoms with Crippen molar-refractivity contribution in [2.24, 2.45) is 5.10 Å². The third-order valence-electron chi connectivity index (χ3n) is 3.41. The van der Waals surface area contributed by atoms with E-state index in [1.54, 1.807) is 4.90 Å². The fraction of sp³-hybridized carbons (Fsp3) is 0.429. The van der Waals surface area contributed by atoms with Crippen molar-refractivity contribution in [2.75, 3.05) is 20.1 Å². The first-order valence-electron chi connectivity index (χ1n) is 6.52. The molecule has 20 heavy (non-hydrogen) atoms. The van der Waals surface area contributed by atoms with Crippen molar-refractivity contribution in [2.45, 2.75) is 19.4 Å². The zero-order valence-corrected chi connectivity index (χ0v) is 11.6. The molecule has 0 N–H and O–H groups in total. The number of hydrazone groups is 1. The lowest BCUT2D eigenvalue weighted by Gasteiger charge is -2.30. The van der Waals surface area contributed by atoms with Crippen molar-refractivity contribution in [3.63, 3.8) is 0 Å². The number of hydrogen-bond donors (Lipinski definition) is 0. The Bertz CT molecular complexity index is 542. The van der Waals surface area contributed by atoms with Gasteiger partial charge in [-0.3, -0.25) is 4.90 Å². The van der Waals surface area contributed by atoms with Crippen molar-refractivity contribution in [1.29, 1.82) is 0 Å². The largest absolute Gasteiger partial charge is 0.453 e. The van der Waals surface area contributed by atoms with Gasteiger partial charge in [0.2, 0.25) is 5.90 Å². The number of nitrogens with zero attached hydrogens (tertiary/aromatic N) is 3. The van der Waals surface area contributed by atoms with Gasteiger partial charge in [0.25, 0.3) is 0 Å². The van der Waals surface area contributed by atoms with Crippen LogP contribution >= 0.6 is 0 Å². The van der Waals surface area contributed by atoms with Crippen molar-refractivity contribution in [1.82, 2.24) is 9.91 Å². The zero-order chi connectivity index (χ0) is 14.2. The normalized spacial score (nSPS) is 20.8. The molecule has 6 nitrogen and oxygen atoms in total. The lowest BCUT2D eigenvalue weighted by Crippen LogP contribution is -2.48. The van der Waals surface area contributed by atoms with E-state index >= 15 is 0 Å². The molecule has 2 amide bonds. The van der Waals surface area contributed by atoms with Gasteiger partial charge in [-0.2, -0.15) is 5.01 Å². The molecule has 1 aromatic rings. The van der Waals surface area contributed by atoms with E-state index in [2.05, 4.69) is 5.10 Å². The maximum absolute atomic E-state index is 12.4. The molecule has 0 radical (unpaired) electrons. The van der Waals surface area contributed by atoms with E-state index in [1.165, 1.54) is 5.01 Å². The highest BCUT2D eigenvalue weighted by Crippen LogP contribution is 2.24. The van der Waals surface area contributed by atoms with Crippen LogP contribution < -0.4 is 0 Å². The van der Waals surface area contributed by atoms with E-state index in [4.69, 9.17) is 9.47 Å². The van der Waals surface area contributed by atoms with Crippen LogP contribution in [0.3, 0.4) is 0 Å². The smallest absolute Gasteiger partial charge is 0.346 e. The molecular weight excluding hydrogens is 258 g/mol. The highest BCUT2D eigenvalue weighted by Gasteiger charge is 2.40. The van der Waals surface area contributed by atoms with E-state index in [1.807, 2.05) is 44.2 Å². The summed E-state index contributed by atoms with van der Waals surface area (Å²) in [6.07, 6.45) is 0. The van der Waals surface area contributed by atoms with E-state index in [0.29, 0.717) is 19.2 Å². The second kappa shape index (κ2) is 4.79. The second-order valence-electron chi connectivity index (χ2n) is 5.44. The van der Waals surface area contributed by atoms with Gasteiger partial charge in [-0.1, -0.05) is 18.2 Å². The van der Waals surface area contributed by atoms with Crippen molar-refractivity contribution >= 4 is 11.9 Å². The molecule has 1 fully saturated rings. The summed E-state index contributed by atoms with van der Waals surface area (Å²) in [7, 11) is 0. The molecule has 1 aromatic carbocycles. The summed E-state index contributed by atoms with van der Waals surface area (Å²) >= 11 is 0. The van der Waals surface area contributed by atoms with Gasteiger partial charge in [-0.05, 0) is 26.0 Å². The molecule has 0 aliphatic carbocycles. The van der Waals surface area contributed by atoms with Crippen LogP contribution in [0.5, 0.6) is 0 Å². The molecule has 2 heterocycles. The fourth-order valence-corrected chi connectivity index (χ4v) is 2.20. The minimum Gasteiger partial charge on any atom is -0.453 e. The minimum absolute atomic E-state index is 0.135. The summed E-state index contributed by atoms with van der Waals surface area (Å²) in [5.41, 5.74) is 0.544. The Morgan fingerprint density at radius 1 is 1.25 bits per heavy atom. The average molecular weight is 275 g/mol. The van der Waals surface area contributed by atoms with E-state index < -0.39 is 0 Å². The maximum atomic E-state index is 12.4. The number of rotatable bonds is 1. The number of benzene rings is 1. The summed E-state index contributed by atoms with van der Waals surface area (Å²) < 4.78 is 10.8. The molecule has 0 atom stereocenters. The number of carbonyl (C=O) groups excluding carboxylic acids is 1. The van der Waals surface area contributed by atoms with Crippen LogP contribution in [0, 0.1) is 0 Å². The molecule has 6 heteroatoms. The molecule has 0 bridgehead atoms. The lowest BCUT2D eigenvalue weighted by atomic mass is 10.1. The summed E-state index contributed by atoms with van der Waals surface area (Å²) in [6.45, 7) is 4.89. The molecule has 2 aliphatic heterocycles. The quantitative estimate of drug-likeness (QED) is 0.785. The summed E-state index contributed by atoms with van der Waals surface area (Å²) in [5, 5.41) is 5.58. The molecule has 1 saturated heterocycles. The van der Waals surface area contributed by atoms with Crippen LogP contribution in [-0.2, 0) is 9.47 Å². The van der Waals surface area contributed by atoms with Crippen LogP contribution in [0.1, 0.15) is 19.4 Å². The lowest BCUT2D eigenvalue weighted by molar-refractivity contribution is 0.0959. The van der Waals surface area contributed by atoms with Gasteiger partial charge in [0.1, 0.15) is 6.73 Å². The van der Waals surface area contributed by atoms with Gasteiger partial charge in [0.05, 0.1) is 12.1 Å². The van der Waals surface area contributed by atoms with Crippen molar-refractivity contribution < 1.29 is 14.3 Å². The zero-order valence-electron chi connectivity index (χ0n) is 11.6. The molecular formula is C14H17N3O3. The highest BCUT2D eigenvalue weighted by molar-refractivity contribution is 5.95. The predicted molar refractivity (Wildman–Crippen MR) is 72.9 cm³/mol. The summed E-state index contributed by atoms with van der Waals surface area (Å²) in [4.78, 5) is 14.1. The maximum Gasteiger partial charge on any atom is 0.346 e. The Labute approximate surface area is 117 Å². The van der Waals surface area contributed by atoms with E-state index in [0.717, 1.165) is 5.56 Å². The SMILES string of the molecule is CC1(C)COCN1C(=O)N1COC(c2ccccc2)=N1. The van der Waals surface area contributed by atoms with Crippen molar-refractivity contribution in [3.05, 3.63) is 35.9 Å². The van der Waals surface area contributed by atoms with Crippen LogP contribution in [0.25, 0.3) is 0 Å². The van der Waals surface area contributed by atoms with E-state index in [-0.39, 0.29) is 18.3 Å². The molecule has 0 unspecified atom stereocenters. The number of ether oxygens (including phenoxy) is 2. The first-order chi connectivity index (χ1) is 9.58. The van der Waals surface area contributed by atoms with Gasteiger partial charge < -0.3 is 9.47 Å². The standard InChI is InChI=1S/C14H17N3O3/c1-14(2)8-19-9-16(14)13(18)17-10-20-12(15-17)11-6-4-3-5-7-11/h3-7H,8-10H2,1-2H3. The first kappa shape index (κ1) is 12.9. The Kier molecular flexibility index (Phi) is 3.10. The highest BCUT2D eigenvalue weighted by atomic mass is 16.5. The Morgan fingerprint density at radius 2 is 2.00 bits per heavy atom. The van der Waals surface area contributed by atoms with E-state index in [9.17, 15) is 4.79 Å². The third-order valence-corrected chi connectivity index (χ3v) is 3.41. The topological polar surface area (TPSA) is 54.4 Å². The summed E-state index contributed by atoms with van der Waals surface area (Å²) in [5.74, 6) is 0.469. The number of amides is 2. The van der Waals surface area contributed by atoms with Crippen LogP contribution in [0.4, 0.5) is 4.79 Å². The number of urea groups is 1. The third kappa shape index (κ3) is 2.22. The second-order valence-corrected chi connectivity index (χ2v) is 5.44. The minimum atomic E-state index is -0.317. The van der Waals surface area contributed by atoms with Crippen LogP contribution in [0.15, 0.2) is 35.4 Å². The number of hydrogen-bond acceptors (Lipinski definition) is 4. The Morgan fingerprint density at radius 3 is 2.65 bits per heavy atom. The molecule has 0 saturated carbocycles. The molecule has 2 aliphatic rings. The van der Waals surface area contributed by atoms with Gasteiger partial charge >= 0.3 is 6.03 Å². The predicted octanol–water partition coefficient (Wildman–Crippen LogP) is 1.83. The van der Waals surface area contributed by atoms with Gasteiger partial charge in [0.15, 0.2) is 6.73 Å². The van der Waals surface area contributed by atoms with Gasteiger partial charge in [0, 0.05) is 5.56 Å². The first-order valence-corrected chi connectivity index (χ1v) is 6.52. The Hall–Kier alpha value is -2.08. The van der Waals surface area contributed by atoms with Crippen LogP contribution in [-0.4, -0.2) is 47.4 Å². The monoisotopic (exact) mass is 275 g/mol. The van der Waals surface area contributed by atoms with Gasteiger partial charge in [-0.15, -0.1) is 5.10 Å². The molecule has 0 spiro atoms. The molecule has 0 aromatic heterocycles.